The molecule has 0 bridgehead atoms. The van der Waals surface area contributed by atoms with Crippen molar-refractivity contribution < 1.29 is 14.3 Å². The quantitative estimate of drug-likeness (QED) is 0.673. The Morgan fingerprint density at radius 2 is 2.04 bits per heavy atom. The second-order valence-electron chi connectivity index (χ2n) is 7.93. The fourth-order valence-electron chi connectivity index (χ4n) is 4.11. The van der Waals surface area contributed by atoms with Crippen LogP contribution in [0.5, 0.6) is 5.75 Å². The molecular formula is C20H27BrN2O3. The maximum Gasteiger partial charge on any atom is 0.410 e. The molecule has 1 aliphatic carbocycles. The highest BCUT2D eigenvalue weighted by Gasteiger charge is 2.37. The summed E-state index contributed by atoms with van der Waals surface area (Å²) in [5.41, 5.74) is 1.30. The topological polar surface area (TPSA) is 42.0 Å². The first-order chi connectivity index (χ1) is 12.6. The first-order valence-corrected chi connectivity index (χ1v) is 10.4. The third kappa shape index (κ3) is 4.34. The summed E-state index contributed by atoms with van der Waals surface area (Å²) in [5.74, 6) is 2.27. The first kappa shape index (κ1) is 18.1. The van der Waals surface area contributed by atoms with Crippen LogP contribution in [-0.4, -0.2) is 61.8 Å². The maximum atomic E-state index is 12.0. The average Bonchev–Trinajstić information content (AvgIpc) is 3.23. The van der Waals surface area contributed by atoms with Crippen molar-refractivity contribution in [2.75, 3.05) is 39.8 Å². The molecule has 2 atom stereocenters. The van der Waals surface area contributed by atoms with Gasteiger partial charge in [0.25, 0.3) is 0 Å². The predicted octanol–water partition coefficient (Wildman–Crippen LogP) is 3.55. The van der Waals surface area contributed by atoms with Crippen LogP contribution in [0.15, 0.2) is 22.7 Å². The minimum absolute atomic E-state index is 0.0311. The number of methoxy groups -OCH3 is 1. The van der Waals surface area contributed by atoms with E-state index in [1.54, 1.807) is 7.11 Å². The molecule has 2 saturated heterocycles. The Morgan fingerprint density at radius 1 is 1.19 bits per heavy atom. The second-order valence-corrected chi connectivity index (χ2v) is 8.78. The highest BCUT2D eigenvalue weighted by atomic mass is 79.9. The van der Waals surface area contributed by atoms with Gasteiger partial charge in [0.2, 0.25) is 0 Å². The molecule has 0 spiro atoms. The van der Waals surface area contributed by atoms with Crippen LogP contribution < -0.4 is 4.74 Å². The normalized spacial score (nSPS) is 26.4. The van der Waals surface area contributed by atoms with Crippen LogP contribution in [0, 0.1) is 11.8 Å². The largest absolute Gasteiger partial charge is 0.497 e. The van der Waals surface area contributed by atoms with Gasteiger partial charge in [-0.25, -0.2) is 4.79 Å². The van der Waals surface area contributed by atoms with E-state index in [9.17, 15) is 4.79 Å². The number of ether oxygens (including phenoxy) is 2. The van der Waals surface area contributed by atoms with E-state index < -0.39 is 0 Å². The van der Waals surface area contributed by atoms with Crippen LogP contribution >= 0.6 is 15.9 Å². The number of hydrogen-bond acceptors (Lipinski definition) is 4. The van der Waals surface area contributed by atoms with Gasteiger partial charge in [-0.05, 0) is 67.8 Å². The van der Waals surface area contributed by atoms with Gasteiger partial charge < -0.3 is 14.4 Å². The molecule has 0 radical (unpaired) electrons. The number of cyclic esters (lactones) is 1. The van der Waals surface area contributed by atoms with Crippen LogP contribution in [0.3, 0.4) is 0 Å². The van der Waals surface area contributed by atoms with Gasteiger partial charge in [0.05, 0.1) is 13.7 Å². The maximum absolute atomic E-state index is 12.0. The van der Waals surface area contributed by atoms with Crippen LogP contribution in [0.25, 0.3) is 0 Å². The van der Waals surface area contributed by atoms with Crippen molar-refractivity contribution in [1.29, 1.82) is 0 Å². The molecule has 3 aliphatic rings. The van der Waals surface area contributed by atoms with Crippen molar-refractivity contribution in [3.8, 4) is 5.75 Å². The Labute approximate surface area is 163 Å². The molecular weight excluding hydrogens is 396 g/mol. The number of hydrogen-bond donors (Lipinski definition) is 0. The number of nitrogens with zero attached hydrogens (tertiary/aromatic N) is 2. The SMILES string of the molecule is COc1ccc(Br)c(CC2CCN(CC3CN(CC4CC4)C(=O)O3)C2)c1. The first-order valence-electron chi connectivity index (χ1n) is 9.61. The fraction of sp³-hybridized carbons (Fsp3) is 0.650. The Balaban J connectivity index is 1.27. The Morgan fingerprint density at radius 3 is 2.81 bits per heavy atom. The summed E-state index contributed by atoms with van der Waals surface area (Å²) in [4.78, 5) is 16.4. The smallest absolute Gasteiger partial charge is 0.410 e. The minimum Gasteiger partial charge on any atom is -0.497 e. The molecule has 1 aromatic carbocycles. The molecule has 1 amide bonds. The zero-order valence-electron chi connectivity index (χ0n) is 15.3. The van der Waals surface area contributed by atoms with Gasteiger partial charge in [0, 0.05) is 24.1 Å². The lowest BCUT2D eigenvalue weighted by molar-refractivity contribution is 0.112. The van der Waals surface area contributed by atoms with E-state index in [1.807, 2.05) is 11.0 Å². The Hall–Kier alpha value is -1.27. The number of likely N-dealkylation sites (tertiary alicyclic amines) is 1. The molecule has 1 aromatic rings. The van der Waals surface area contributed by atoms with E-state index in [2.05, 4.69) is 33.0 Å². The number of rotatable bonds is 7. The van der Waals surface area contributed by atoms with E-state index >= 15 is 0 Å². The van der Waals surface area contributed by atoms with E-state index in [0.717, 1.165) is 55.3 Å². The lowest BCUT2D eigenvalue weighted by Gasteiger charge is -2.19. The second kappa shape index (κ2) is 7.77. The zero-order chi connectivity index (χ0) is 18.1. The predicted molar refractivity (Wildman–Crippen MR) is 104 cm³/mol. The van der Waals surface area contributed by atoms with Gasteiger partial charge in [0.1, 0.15) is 11.9 Å². The van der Waals surface area contributed by atoms with Gasteiger partial charge in [-0.2, -0.15) is 0 Å². The molecule has 142 valence electrons. The van der Waals surface area contributed by atoms with E-state index in [-0.39, 0.29) is 12.2 Å². The molecule has 2 aliphatic heterocycles. The fourth-order valence-corrected chi connectivity index (χ4v) is 4.52. The van der Waals surface area contributed by atoms with Crippen LogP contribution in [0.1, 0.15) is 24.8 Å². The van der Waals surface area contributed by atoms with Gasteiger partial charge in [-0.15, -0.1) is 0 Å². The van der Waals surface area contributed by atoms with Crippen LogP contribution in [-0.2, 0) is 11.2 Å². The summed E-state index contributed by atoms with van der Waals surface area (Å²) >= 11 is 3.66. The molecule has 0 N–H and O–H groups in total. The van der Waals surface area contributed by atoms with E-state index in [1.165, 1.54) is 24.8 Å². The molecule has 2 unspecified atom stereocenters. The number of halogens is 1. The van der Waals surface area contributed by atoms with Gasteiger partial charge in [-0.3, -0.25) is 4.90 Å². The highest BCUT2D eigenvalue weighted by molar-refractivity contribution is 9.10. The van der Waals surface area contributed by atoms with Crippen molar-refractivity contribution in [2.24, 2.45) is 11.8 Å². The summed E-state index contributed by atoms with van der Waals surface area (Å²) in [5, 5.41) is 0. The standard InChI is InChI=1S/C20H27BrN2O3/c1-25-17-4-5-19(21)16(9-17)8-15-6-7-22(10-15)12-18-13-23(20(24)26-18)11-14-2-3-14/h4-5,9,14-15,18H,2-3,6-8,10-13H2,1H3. The molecule has 4 rings (SSSR count). The lowest BCUT2D eigenvalue weighted by atomic mass is 9.98. The Bertz CT molecular complexity index is 664. The van der Waals surface area contributed by atoms with Crippen molar-refractivity contribution in [3.05, 3.63) is 28.2 Å². The lowest BCUT2D eigenvalue weighted by Crippen LogP contribution is -2.34. The van der Waals surface area contributed by atoms with Crippen molar-refractivity contribution >= 4 is 22.0 Å². The molecule has 26 heavy (non-hydrogen) atoms. The zero-order valence-corrected chi connectivity index (χ0v) is 16.9. The summed E-state index contributed by atoms with van der Waals surface area (Å²) in [6.07, 6.45) is 4.69. The summed E-state index contributed by atoms with van der Waals surface area (Å²) in [6.45, 7) is 4.67. The minimum atomic E-state index is -0.113. The monoisotopic (exact) mass is 422 g/mol. The molecule has 3 fully saturated rings. The summed E-state index contributed by atoms with van der Waals surface area (Å²) < 4.78 is 12.1. The van der Waals surface area contributed by atoms with E-state index in [4.69, 9.17) is 9.47 Å². The third-order valence-corrected chi connectivity index (χ3v) is 6.49. The van der Waals surface area contributed by atoms with Crippen molar-refractivity contribution in [1.82, 2.24) is 9.80 Å². The van der Waals surface area contributed by atoms with Crippen molar-refractivity contribution in [3.63, 3.8) is 0 Å². The van der Waals surface area contributed by atoms with Gasteiger partial charge in [-0.1, -0.05) is 15.9 Å². The number of carbonyl (C=O) groups is 1. The summed E-state index contributed by atoms with van der Waals surface area (Å²) in [7, 11) is 1.71. The molecule has 2 heterocycles. The van der Waals surface area contributed by atoms with Crippen LogP contribution in [0.4, 0.5) is 4.79 Å². The third-order valence-electron chi connectivity index (χ3n) is 5.72. The van der Waals surface area contributed by atoms with Crippen LogP contribution in [0.2, 0.25) is 0 Å². The number of carbonyl (C=O) groups excluding carboxylic acids is 1. The summed E-state index contributed by atoms with van der Waals surface area (Å²) in [6, 6.07) is 6.17. The number of benzene rings is 1. The molecule has 6 heteroatoms. The van der Waals surface area contributed by atoms with E-state index in [0.29, 0.717) is 5.92 Å². The molecule has 5 nitrogen and oxygen atoms in total. The molecule has 0 aromatic heterocycles. The Kier molecular flexibility index (Phi) is 5.41. The average molecular weight is 423 g/mol. The van der Waals surface area contributed by atoms with Crippen molar-refractivity contribution in [2.45, 2.75) is 31.8 Å². The number of amides is 1. The van der Waals surface area contributed by atoms with Gasteiger partial charge in [0.15, 0.2) is 0 Å². The molecule has 1 saturated carbocycles. The van der Waals surface area contributed by atoms with Gasteiger partial charge >= 0.3 is 6.09 Å². The highest BCUT2D eigenvalue weighted by Crippen LogP contribution is 2.32.